The lowest BCUT2D eigenvalue weighted by Gasteiger charge is -2.10. The van der Waals surface area contributed by atoms with E-state index in [0.717, 1.165) is 6.54 Å². The normalized spacial score (nSPS) is 14.1. The molecule has 5 nitrogen and oxygen atoms in total. The minimum atomic E-state index is -0.114. The van der Waals surface area contributed by atoms with E-state index in [2.05, 4.69) is 5.32 Å². The first-order chi connectivity index (χ1) is 8.69. The van der Waals surface area contributed by atoms with Crippen molar-refractivity contribution in [1.29, 1.82) is 0 Å². The number of benzene rings is 1. The van der Waals surface area contributed by atoms with E-state index in [1.54, 1.807) is 25.3 Å². The maximum atomic E-state index is 11.5. The van der Waals surface area contributed by atoms with Gasteiger partial charge in [0.15, 0.2) is 6.61 Å². The van der Waals surface area contributed by atoms with Crippen LogP contribution in [0.5, 0.6) is 11.5 Å². The summed E-state index contributed by atoms with van der Waals surface area (Å²) in [6.45, 7) is 0.740. The topological polar surface area (TPSA) is 73.6 Å². The molecule has 2 rings (SSSR count). The van der Waals surface area contributed by atoms with Crippen LogP contribution in [0.15, 0.2) is 18.2 Å². The molecule has 0 unspecified atom stereocenters. The van der Waals surface area contributed by atoms with E-state index in [4.69, 9.17) is 15.2 Å². The molecule has 1 aliphatic carbocycles. The van der Waals surface area contributed by atoms with Crippen LogP contribution >= 0.6 is 0 Å². The van der Waals surface area contributed by atoms with Gasteiger partial charge < -0.3 is 20.5 Å². The number of nitrogens with one attached hydrogen (secondary N) is 1. The van der Waals surface area contributed by atoms with Crippen LogP contribution in [0.2, 0.25) is 0 Å². The van der Waals surface area contributed by atoms with Crippen molar-refractivity contribution in [3.63, 3.8) is 0 Å². The summed E-state index contributed by atoms with van der Waals surface area (Å²) in [6, 6.07) is 5.10. The predicted octanol–water partition coefficient (Wildman–Crippen LogP) is 1.18. The zero-order chi connectivity index (χ0) is 13.0. The Balaban J connectivity index is 1.79. The zero-order valence-corrected chi connectivity index (χ0v) is 10.4. The van der Waals surface area contributed by atoms with Crippen LogP contribution in [0, 0.1) is 5.92 Å². The van der Waals surface area contributed by atoms with Crippen LogP contribution in [-0.4, -0.2) is 26.2 Å². The Hall–Kier alpha value is -1.91. The third kappa shape index (κ3) is 3.55. The first kappa shape index (κ1) is 12.5. The molecule has 0 spiro atoms. The van der Waals surface area contributed by atoms with Crippen LogP contribution in [0.25, 0.3) is 0 Å². The summed E-state index contributed by atoms with van der Waals surface area (Å²) in [5.74, 6) is 1.72. The fraction of sp³-hybridized carbons (Fsp3) is 0.462. The quantitative estimate of drug-likeness (QED) is 0.744. The Morgan fingerprint density at radius 2 is 2.28 bits per heavy atom. The molecule has 1 aromatic carbocycles. The highest BCUT2D eigenvalue weighted by atomic mass is 16.5. The molecule has 5 heteroatoms. The van der Waals surface area contributed by atoms with Crippen molar-refractivity contribution in [3.05, 3.63) is 18.2 Å². The molecule has 1 amide bonds. The Kier molecular flexibility index (Phi) is 3.92. The summed E-state index contributed by atoms with van der Waals surface area (Å²) in [5.41, 5.74) is 6.24. The van der Waals surface area contributed by atoms with Crippen molar-refractivity contribution in [3.8, 4) is 11.5 Å². The van der Waals surface area contributed by atoms with Gasteiger partial charge in [-0.3, -0.25) is 4.79 Å². The molecule has 0 bridgehead atoms. The number of methoxy groups -OCH3 is 1. The first-order valence-electron chi connectivity index (χ1n) is 6.02. The van der Waals surface area contributed by atoms with E-state index >= 15 is 0 Å². The summed E-state index contributed by atoms with van der Waals surface area (Å²) in [7, 11) is 1.57. The Morgan fingerprint density at radius 3 is 2.89 bits per heavy atom. The highest BCUT2D eigenvalue weighted by Gasteiger charge is 2.21. The number of rotatable bonds is 6. The third-order valence-electron chi connectivity index (χ3n) is 2.86. The summed E-state index contributed by atoms with van der Waals surface area (Å²) >= 11 is 0. The molecular formula is C13H18N2O3. The van der Waals surface area contributed by atoms with Gasteiger partial charge in [0, 0.05) is 12.6 Å². The van der Waals surface area contributed by atoms with Gasteiger partial charge in [0.1, 0.15) is 11.5 Å². The molecule has 0 saturated heterocycles. The Morgan fingerprint density at radius 1 is 1.50 bits per heavy atom. The van der Waals surface area contributed by atoms with Crippen LogP contribution in [0.4, 0.5) is 5.69 Å². The standard InChI is InChI=1S/C13H18N2O3/c1-17-10-4-5-12(11(14)6-10)18-8-13(16)15-7-9-2-3-9/h4-6,9H,2-3,7-8,14H2,1H3,(H,15,16). The van der Waals surface area contributed by atoms with E-state index in [9.17, 15) is 4.79 Å². The smallest absolute Gasteiger partial charge is 0.257 e. The number of carbonyl (C=O) groups excluding carboxylic acids is 1. The van der Waals surface area contributed by atoms with Crippen molar-refractivity contribution >= 4 is 11.6 Å². The molecule has 0 aromatic heterocycles. The van der Waals surface area contributed by atoms with Crippen LogP contribution in [-0.2, 0) is 4.79 Å². The predicted molar refractivity (Wildman–Crippen MR) is 68.6 cm³/mol. The first-order valence-corrected chi connectivity index (χ1v) is 6.02. The molecule has 3 N–H and O–H groups in total. The van der Waals surface area contributed by atoms with Gasteiger partial charge in [-0.1, -0.05) is 0 Å². The second kappa shape index (κ2) is 5.62. The largest absolute Gasteiger partial charge is 0.497 e. The maximum absolute atomic E-state index is 11.5. The van der Waals surface area contributed by atoms with Gasteiger partial charge in [0.2, 0.25) is 0 Å². The number of amides is 1. The molecule has 98 valence electrons. The van der Waals surface area contributed by atoms with Gasteiger partial charge in [-0.05, 0) is 30.9 Å². The molecule has 18 heavy (non-hydrogen) atoms. The lowest BCUT2D eigenvalue weighted by atomic mass is 10.3. The molecule has 0 heterocycles. The average molecular weight is 250 g/mol. The number of carbonyl (C=O) groups is 1. The number of hydrogen-bond donors (Lipinski definition) is 2. The Labute approximate surface area is 106 Å². The van der Waals surface area contributed by atoms with Crippen molar-refractivity contribution in [2.75, 3.05) is 26.0 Å². The molecule has 1 aliphatic rings. The maximum Gasteiger partial charge on any atom is 0.257 e. The van der Waals surface area contributed by atoms with E-state index < -0.39 is 0 Å². The molecule has 0 atom stereocenters. The second-order valence-electron chi connectivity index (χ2n) is 4.44. The lowest BCUT2D eigenvalue weighted by molar-refractivity contribution is -0.123. The number of nitrogen functional groups attached to an aromatic ring is 1. The Bertz CT molecular complexity index is 430. The van der Waals surface area contributed by atoms with Crippen LogP contribution < -0.4 is 20.5 Å². The van der Waals surface area contributed by atoms with E-state index in [-0.39, 0.29) is 12.5 Å². The number of anilines is 1. The van der Waals surface area contributed by atoms with Crippen LogP contribution in [0.1, 0.15) is 12.8 Å². The zero-order valence-electron chi connectivity index (χ0n) is 10.4. The molecule has 0 radical (unpaired) electrons. The summed E-state index contributed by atoms with van der Waals surface area (Å²) in [5, 5.41) is 2.83. The molecule has 1 aromatic rings. The summed E-state index contributed by atoms with van der Waals surface area (Å²) in [6.07, 6.45) is 2.43. The monoisotopic (exact) mass is 250 g/mol. The molecular weight excluding hydrogens is 232 g/mol. The molecule has 1 saturated carbocycles. The van der Waals surface area contributed by atoms with Crippen molar-refractivity contribution in [2.45, 2.75) is 12.8 Å². The third-order valence-corrected chi connectivity index (χ3v) is 2.86. The highest BCUT2D eigenvalue weighted by Crippen LogP contribution is 2.28. The van der Waals surface area contributed by atoms with Crippen molar-refractivity contribution in [1.82, 2.24) is 5.32 Å². The fourth-order valence-electron chi connectivity index (χ4n) is 1.56. The fourth-order valence-corrected chi connectivity index (χ4v) is 1.56. The number of hydrogen-bond acceptors (Lipinski definition) is 4. The van der Waals surface area contributed by atoms with Gasteiger partial charge in [0.25, 0.3) is 5.91 Å². The highest BCUT2D eigenvalue weighted by molar-refractivity contribution is 5.77. The molecule has 0 aliphatic heterocycles. The lowest BCUT2D eigenvalue weighted by Crippen LogP contribution is -2.30. The van der Waals surface area contributed by atoms with Gasteiger partial charge in [-0.2, -0.15) is 0 Å². The van der Waals surface area contributed by atoms with Gasteiger partial charge in [0.05, 0.1) is 12.8 Å². The van der Waals surface area contributed by atoms with Crippen molar-refractivity contribution in [2.24, 2.45) is 5.92 Å². The summed E-state index contributed by atoms with van der Waals surface area (Å²) in [4.78, 5) is 11.5. The minimum absolute atomic E-state index is 0.0107. The summed E-state index contributed by atoms with van der Waals surface area (Å²) < 4.78 is 10.4. The molecule has 1 fully saturated rings. The van der Waals surface area contributed by atoms with Gasteiger partial charge in [-0.25, -0.2) is 0 Å². The van der Waals surface area contributed by atoms with E-state index in [1.165, 1.54) is 12.8 Å². The number of ether oxygens (including phenoxy) is 2. The van der Waals surface area contributed by atoms with E-state index in [0.29, 0.717) is 23.1 Å². The number of nitrogens with two attached hydrogens (primary N) is 1. The van der Waals surface area contributed by atoms with E-state index in [1.807, 2.05) is 0 Å². The minimum Gasteiger partial charge on any atom is -0.497 e. The van der Waals surface area contributed by atoms with Crippen molar-refractivity contribution < 1.29 is 14.3 Å². The van der Waals surface area contributed by atoms with Crippen LogP contribution in [0.3, 0.4) is 0 Å². The van der Waals surface area contributed by atoms with Gasteiger partial charge in [-0.15, -0.1) is 0 Å². The van der Waals surface area contributed by atoms with Gasteiger partial charge >= 0.3 is 0 Å². The SMILES string of the molecule is COc1ccc(OCC(=O)NCC2CC2)c(N)c1. The average Bonchev–Trinajstić information content (AvgIpc) is 3.18. The second-order valence-corrected chi connectivity index (χ2v) is 4.44.